The Bertz CT molecular complexity index is 431. The second-order valence-electron chi connectivity index (χ2n) is 4.15. The molecule has 7 nitrogen and oxygen atoms in total. The van der Waals surface area contributed by atoms with Crippen LogP contribution < -0.4 is 15.8 Å². The van der Waals surface area contributed by atoms with Crippen molar-refractivity contribution in [1.29, 1.82) is 0 Å². The molecule has 1 aromatic carbocycles. The van der Waals surface area contributed by atoms with Gasteiger partial charge in [-0.05, 0) is 25.1 Å². The van der Waals surface area contributed by atoms with E-state index in [9.17, 15) is 15.2 Å². The molecular weight excluding hydrogens is 286 g/mol. The predicted octanol–water partition coefficient (Wildman–Crippen LogP) is 1.34. The minimum absolute atomic E-state index is 0. The van der Waals surface area contributed by atoms with Crippen molar-refractivity contribution < 1.29 is 14.8 Å². The van der Waals surface area contributed by atoms with Gasteiger partial charge in [-0.2, -0.15) is 0 Å². The Morgan fingerprint density at radius 3 is 2.85 bits per heavy atom. The van der Waals surface area contributed by atoms with E-state index in [0.29, 0.717) is 12.3 Å². The lowest BCUT2D eigenvalue weighted by Crippen LogP contribution is -2.31. The number of aliphatic hydroxyl groups excluding tert-OH is 1. The number of nitrogens with one attached hydrogen (secondary N) is 1. The summed E-state index contributed by atoms with van der Waals surface area (Å²) in [4.78, 5) is 10.1. The second-order valence-corrected chi connectivity index (χ2v) is 4.15. The first-order chi connectivity index (χ1) is 9.04. The number of rotatable bonds is 8. The number of aliphatic hydroxyl groups is 1. The van der Waals surface area contributed by atoms with Crippen LogP contribution in [0.1, 0.15) is 13.3 Å². The van der Waals surface area contributed by atoms with E-state index in [0.717, 1.165) is 13.0 Å². The van der Waals surface area contributed by atoms with Crippen LogP contribution in [-0.4, -0.2) is 35.8 Å². The molecule has 1 aromatic rings. The third-order valence-corrected chi connectivity index (χ3v) is 2.45. The van der Waals surface area contributed by atoms with Crippen molar-refractivity contribution in [3.05, 3.63) is 28.3 Å². The highest BCUT2D eigenvalue weighted by Gasteiger charge is 2.13. The van der Waals surface area contributed by atoms with Gasteiger partial charge in [-0.25, -0.2) is 0 Å². The number of nitro groups is 1. The molecule has 0 saturated heterocycles. The van der Waals surface area contributed by atoms with Crippen LogP contribution in [0.2, 0.25) is 0 Å². The number of nitrogen functional groups attached to an aromatic ring is 1. The Labute approximate surface area is 123 Å². The Kier molecular flexibility index (Phi) is 8.62. The van der Waals surface area contributed by atoms with Gasteiger partial charge in [0.2, 0.25) is 0 Å². The zero-order valence-corrected chi connectivity index (χ0v) is 12.1. The van der Waals surface area contributed by atoms with Gasteiger partial charge < -0.3 is 20.9 Å². The van der Waals surface area contributed by atoms with E-state index in [1.54, 1.807) is 0 Å². The fourth-order valence-corrected chi connectivity index (χ4v) is 1.47. The van der Waals surface area contributed by atoms with Crippen LogP contribution >= 0.6 is 12.4 Å². The highest BCUT2D eigenvalue weighted by Crippen LogP contribution is 2.26. The number of nitrogens with zero attached hydrogens (tertiary/aromatic N) is 1. The molecule has 0 radical (unpaired) electrons. The summed E-state index contributed by atoms with van der Waals surface area (Å²) >= 11 is 0. The molecule has 8 heteroatoms. The Balaban J connectivity index is 0.00000361. The SMILES string of the molecule is CCCNCC(O)COc1ccc(N)c([N+](=O)[O-])c1.Cl. The average molecular weight is 306 g/mol. The summed E-state index contributed by atoms with van der Waals surface area (Å²) in [6.45, 7) is 3.34. The number of halogens is 1. The van der Waals surface area contributed by atoms with Gasteiger partial charge in [0.25, 0.3) is 5.69 Å². The second kappa shape index (κ2) is 9.35. The number of hydrogen-bond acceptors (Lipinski definition) is 6. The van der Waals surface area contributed by atoms with Crippen molar-refractivity contribution >= 4 is 23.8 Å². The van der Waals surface area contributed by atoms with Crippen LogP contribution in [0.15, 0.2) is 18.2 Å². The first-order valence-electron chi connectivity index (χ1n) is 6.10. The summed E-state index contributed by atoms with van der Waals surface area (Å²) in [5.41, 5.74) is 5.36. The number of nitro benzene ring substituents is 1. The monoisotopic (exact) mass is 305 g/mol. The van der Waals surface area contributed by atoms with E-state index in [-0.39, 0.29) is 30.4 Å². The summed E-state index contributed by atoms with van der Waals surface area (Å²) in [7, 11) is 0. The largest absolute Gasteiger partial charge is 0.491 e. The molecule has 4 N–H and O–H groups in total. The number of anilines is 1. The molecule has 1 atom stereocenters. The maximum absolute atomic E-state index is 10.7. The van der Waals surface area contributed by atoms with Crippen LogP contribution in [0, 0.1) is 10.1 Å². The standard InChI is InChI=1S/C12H19N3O4.ClH/c1-2-5-14-7-9(16)8-19-10-3-4-11(13)12(6-10)15(17)18;/h3-4,6,9,14,16H,2,5,7-8,13H2,1H3;1H. The van der Waals surface area contributed by atoms with E-state index in [1.165, 1.54) is 18.2 Å². The lowest BCUT2D eigenvalue weighted by Gasteiger charge is -2.13. The minimum atomic E-state index is -0.664. The highest BCUT2D eigenvalue weighted by molar-refractivity contribution is 5.85. The van der Waals surface area contributed by atoms with Crippen molar-refractivity contribution in [2.75, 3.05) is 25.4 Å². The summed E-state index contributed by atoms with van der Waals surface area (Å²) in [6, 6.07) is 4.20. The first-order valence-corrected chi connectivity index (χ1v) is 6.10. The third-order valence-electron chi connectivity index (χ3n) is 2.45. The molecule has 0 heterocycles. The molecule has 0 spiro atoms. The lowest BCUT2D eigenvalue weighted by molar-refractivity contribution is -0.384. The molecule has 114 valence electrons. The molecule has 0 fully saturated rings. The Hall–Kier alpha value is -1.57. The molecule has 20 heavy (non-hydrogen) atoms. The Morgan fingerprint density at radius 2 is 2.25 bits per heavy atom. The van der Waals surface area contributed by atoms with E-state index >= 15 is 0 Å². The topological polar surface area (TPSA) is 111 Å². The van der Waals surface area contributed by atoms with Crippen molar-refractivity contribution in [2.24, 2.45) is 0 Å². The van der Waals surface area contributed by atoms with Crippen molar-refractivity contribution in [1.82, 2.24) is 5.32 Å². The van der Waals surface area contributed by atoms with E-state index in [1.807, 2.05) is 6.92 Å². The lowest BCUT2D eigenvalue weighted by atomic mass is 10.2. The van der Waals surface area contributed by atoms with Gasteiger partial charge in [0.05, 0.1) is 11.0 Å². The number of ether oxygens (including phenoxy) is 1. The van der Waals surface area contributed by atoms with E-state index in [2.05, 4.69) is 5.32 Å². The van der Waals surface area contributed by atoms with Gasteiger partial charge in [0, 0.05) is 6.54 Å². The number of hydrogen-bond donors (Lipinski definition) is 3. The van der Waals surface area contributed by atoms with Crippen molar-refractivity contribution in [3.63, 3.8) is 0 Å². The van der Waals surface area contributed by atoms with Gasteiger partial charge >= 0.3 is 0 Å². The van der Waals surface area contributed by atoms with Crippen molar-refractivity contribution in [3.8, 4) is 5.75 Å². The molecule has 0 saturated carbocycles. The molecule has 0 bridgehead atoms. The summed E-state index contributed by atoms with van der Waals surface area (Å²) in [6.07, 6.45) is 0.320. The fraction of sp³-hybridized carbons (Fsp3) is 0.500. The molecule has 0 aliphatic rings. The summed E-state index contributed by atoms with van der Waals surface area (Å²) in [5, 5.41) is 23.4. The maximum Gasteiger partial charge on any atom is 0.295 e. The van der Waals surface area contributed by atoms with Gasteiger partial charge in [0.1, 0.15) is 24.1 Å². The van der Waals surface area contributed by atoms with Crippen LogP contribution in [0.3, 0.4) is 0 Å². The fourth-order valence-electron chi connectivity index (χ4n) is 1.47. The average Bonchev–Trinajstić information content (AvgIpc) is 2.37. The number of benzene rings is 1. The molecule has 0 aliphatic heterocycles. The quantitative estimate of drug-likeness (QED) is 0.289. The molecule has 0 aliphatic carbocycles. The van der Waals surface area contributed by atoms with Crippen LogP contribution in [0.25, 0.3) is 0 Å². The van der Waals surface area contributed by atoms with Crippen LogP contribution in [-0.2, 0) is 0 Å². The summed E-state index contributed by atoms with van der Waals surface area (Å²) < 4.78 is 5.29. The smallest absolute Gasteiger partial charge is 0.295 e. The molecule has 0 amide bonds. The van der Waals surface area contributed by atoms with Gasteiger partial charge in [-0.3, -0.25) is 10.1 Å². The highest BCUT2D eigenvalue weighted by atomic mass is 35.5. The molecule has 0 aromatic heterocycles. The minimum Gasteiger partial charge on any atom is -0.491 e. The Morgan fingerprint density at radius 1 is 1.55 bits per heavy atom. The maximum atomic E-state index is 10.7. The predicted molar refractivity (Wildman–Crippen MR) is 79.4 cm³/mol. The van der Waals surface area contributed by atoms with Gasteiger partial charge in [-0.15, -0.1) is 12.4 Å². The summed E-state index contributed by atoms with van der Waals surface area (Å²) in [5.74, 6) is 0.315. The van der Waals surface area contributed by atoms with Crippen LogP contribution in [0.4, 0.5) is 11.4 Å². The third kappa shape index (κ3) is 6.05. The van der Waals surface area contributed by atoms with Crippen molar-refractivity contribution in [2.45, 2.75) is 19.4 Å². The van der Waals surface area contributed by atoms with Gasteiger partial charge in [0.15, 0.2) is 0 Å². The molecule has 1 rings (SSSR count). The van der Waals surface area contributed by atoms with E-state index < -0.39 is 11.0 Å². The molecular formula is C12H20ClN3O4. The zero-order chi connectivity index (χ0) is 14.3. The number of nitrogens with two attached hydrogens (primary N) is 1. The van der Waals surface area contributed by atoms with Crippen LogP contribution in [0.5, 0.6) is 5.75 Å². The van der Waals surface area contributed by atoms with Gasteiger partial charge in [-0.1, -0.05) is 6.92 Å². The van der Waals surface area contributed by atoms with E-state index in [4.69, 9.17) is 10.5 Å². The normalized spacial score (nSPS) is 11.5. The zero-order valence-electron chi connectivity index (χ0n) is 11.2. The molecule has 1 unspecified atom stereocenters. The first kappa shape index (κ1) is 18.4.